The number of phenols is 1. The molecule has 0 bridgehead atoms. The second kappa shape index (κ2) is 5.32. The van der Waals surface area contributed by atoms with Crippen LogP contribution in [0.4, 0.5) is 0 Å². The standard InChI is InChI=1S/C10H13IN2O2/c1-6(12)5-13-10(15)7-2-3-8(11)9(14)4-7/h2-4,6,14H,5,12H2,1H3,(H,13,15). The van der Waals surface area contributed by atoms with Crippen LogP contribution in [-0.2, 0) is 0 Å². The van der Waals surface area contributed by atoms with Crippen molar-refractivity contribution in [3.8, 4) is 5.75 Å². The van der Waals surface area contributed by atoms with Gasteiger partial charge in [0, 0.05) is 18.2 Å². The lowest BCUT2D eigenvalue weighted by Gasteiger charge is -2.08. The van der Waals surface area contributed by atoms with E-state index in [0.29, 0.717) is 12.1 Å². The maximum atomic E-state index is 11.5. The first-order chi connectivity index (χ1) is 7.00. The van der Waals surface area contributed by atoms with Gasteiger partial charge in [-0.05, 0) is 47.7 Å². The van der Waals surface area contributed by atoms with Gasteiger partial charge in [-0.2, -0.15) is 0 Å². The number of carbonyl (C=O) groups is 1. The van der Waals surface area contributed by atoms with Crippen molar-refractivity contribution in [2.45, 2.75) is 13.0 Å². The summed E-state index contributed by atoms with van der Waals surface area (Å²) in [5.74, 6) is -0.108. The molecule has 15 heavy (non-hydrogen) atoms. The summed E-state index contributed by atoms with van der Waals surface area (Å²) >= 11 is 1.99. The number of phenolic OH excluding ortho intramolecular Hbond substituents is 1. The average molecular weight is 320 g/mol. The van der Waals surface area contributed by atoms with Gasteiger partial charge in [-0.3, -0.25) is 4.79 Å². The lowest BCUT2D eigenvalue weighted by molar-refractivity contribution is 0.0951. The van der Waals surface area contributed by atoms with E-state index in [1.165, 1.54) is 6.07 Å². The molecule has 0 radical (unpaired) electrons. The summed E-state index contributed by atoms with van der Waals surface area (Å²) in [5, 5.41) is 12.1. The fourth-order valence-corrected chi connectivity index (χ4v) is 1.35. The van der Waals surface area contributed by atoms with Crippen LogP contribution >= 0.6 is 22.6 Å². The van der Waals surface area contributed by atoms with E-state index in [9.17, 15) is 9.90 Å². The predicted octanol–water partition coefficient (Wildman–Crippen LogP) is 1.07. The van der Waals surface area contributed by atoms with Crippen molar-refractivity contribution in [2.75, 3.05) is 6.54 Å². The smallest absolute Gasteiger partial charge is 0.251 e. The molecule has 1 amide bonds. The number of benzene rings is 1. The molecule has 0 heterocycles. The number of amides is 1. The van der Waals surface area contributed by atoms with Crippen LogP contribution in [0, 0.1) is 3.57 Å². The molecule has 0 aromatic heterocycles. The van der Waals surface area contributed by atoms with Gasteiger partial charge in [-0.1, -0.05) is 0 Å². The van der Waals surface area contributed by atoms with Gasteiger partial charge in [0.2, 0.25) is 0 Å². The molecule has 0 saturated heterocycles. The summed E-state index contributed by atoms with van der Waals surface area (Å²) in [6.07, 6.45) is 0. The maximum absolute atomic E-state index is 11.5. The molecular weight excluding hydrogens is 307 g/mol. The van der Waals surface area contributed by atoms with E-state index in [2.05, 4.69) is 5.32 Å². The Morgan fingerprint density at radius 1 is 1.67 bits per heavy atom. The van der Waals surface area contributed by atoms with E-state index in [4.69, 9.17) is 5.73 Å². The minimum Gasteiger partial charge on any atom is -0.507 e. The molecular formula is C10H13IN2O2. The number of hydrogen-bond donors (Lipinski definition) is 3. The van der Waals surface area contributed by atoms with Crippen molar-refractivity contribution in [3.63, 3.8) is 0 Å². The molecule has 82 valence electrons. The number of nitrogens with two attached hydrogens (primary N) is 1. The van der Waals surface area contributed by atoms with E-state index in [-0.39, 0.29) is 17.7 Å². The Balaban J connectivity index is 2.70. The maximum Gasteiger partial charge on any atom is 0.251 e. The van der Waals surface area contributed by atoms with Crippen molar-refractivity contribution in [1.82, 2.24) is 5.32 Å². The van der Waals surface area contributed by atoms with Crippen LogP contribution in [0.2, 0.25) is 0 Å². The van der Waals surface area contributed by atoms with E-state index >= 15 is 0 Å². The summed E-state index contributed by atoms with van der Waals surface area (Å²) in [5.41, 5.74) is 5.95. The topological polar surface area (TPSA) is 75.3 Å². The van der Waals surface area contributed by atoms with Gasteiger partial charge in [0.05, 0.1) is 3.57 Å². The van der Waals surface area contributed by atoms with Crippen LogP contribution in [0.1, 0.15) is 17.3 Å². The second-order valence-electron chi connectivity index (χ2n) is 3.35. The van der Waals surface area contributed by atoms with Gasteiger partial charge in [-0.25, -0.2) is 0 Å². The predicted molar refractivity (Wildman–Crippen MR) is 66.8 cm³/mol. The molecule has 1 rings (SSSR count). The molecule has 4 N–H and O–H groups in total. The molecule has 0 spiro atoms. The minimum absolute atomic E-state index is 0.0774. The van der Waals surface area contributed by atoms with Crippen molar-refractivity contribution in [1.29, 1.82) is 0 Å². The third-order valence-corrected chi connectivity index (χ3v) is 2.71. The number of carbonyl (C=O) groups excluding carboxylic acids is 1. The molecule has 1 aromatic carbocycles. The Hall–Kier alpha value is -0.820. The Morgan fingerprint density at radius 2 is 2.33 bits per heavy atom. The largest absolute Gasteiger partial charge is 0.507 e. The van der Waals surface area contributed by atoms with Crippen LogP contribution in [0.3, 0.4) is 0 Å². The van der Waals surface area contributed by atoms with Gasteiger partial charge in [-0.15, -0.1) is 0 Å². The van der Waals surface area contributed by atoms with Crippen LogP contribution in [0.5, 0.6) is 5.75 Å². The zero-order valence-corrected chi connectivity index (χ0v) is 10.5. The molecule has 0 aliphatic heterocycles. The molecule has 0 aliphatic carbocycles. The number of halogens is 1. The second-order valence-corrected chi connectivity index (χ2v) is 4.52. The summed E-state index contributed by atoms with van der Waals surface area (Å²) in [6.45, 7) is 2.23. The van der Waals surface area contributed by atoms with Gasteiger partial charge in [0.1, 0.15) is 5.75 Å². The first-order valence-corrected chi connectivity index (χ1v) is 5.61. The fourth-order valence-electron chi connectivity index (χ4n) is 1.01. The summed E-state index contributed by atoms with van der Waals surface area (Å²) in [4.78, 5) is 11.5. The number of aromatic hydroxyl groups is 1. The lowest BCUT2D eigenvalue weighted by atomic mass is 10.2. The highest BCUT2D eigenvalue weighted by atomic mass is 127. The molecule has 0 aliphatic rings. The first-order valence-electron chi connectivity index (χ1n) is 4.53. The van der Waals surface area contributed by atoms with Crippen LogP contribution in [0.25, 0.3) is 0 Å². The molecule has 4 nitrogen and oxygen atoms in total. The van der Waals surface area contributed by atoms with E-state index in [1.54, 1.807) is 12.1 Å². The highest BCUT2D eigenvalue weighted by Gasteiger charge is 2.08. The molecule has 1 unspecified atom stereocenters. The third kappa shape index (κ3) is 3.67. The lowest BCUT2D eigenvalue weighted by Crippen LogP contribution is -2.35. The van der Waals surface area contributed by atoms with E-state index < -0.39 is 0 Å². The minimum atomic E-state index is -0.223. The van der Waals surface area contributed by atoms with Crippen LogP contribution in [-0.4, -0.2) is 23.6 Å². The Morgan fingerprint density at radius 3 is 2.87 bits per heavy atom. The zero-order chi connectivity index (χ0) is 11.4. The van der Waals surface area contributed by atoms with Crippen molar-refractivity contribution in [3.05, 3.63) is 27.3 Å². The molecule has 0 fully saturated rings. The third-order valence-electron chi connectivity index (χ3n) is 1.79. The Kier molecular flexibility index (Phi) is 4.34. The van der Waals surface area contributed by atoms with Gasteiger partial charge in [0.15, 0.2) is 0 Å². The Labute approximate surface area is 102 Å². The molecule has 1 aromatic rings. The number of nitrogens with one attached hydrogen (secondary N) is 1. The molecule has 1 atom stereocenters. The van der Waals surface area contributed by atoms with Crippen LogP contribution in [0.15, 0.2) is 18.2 Å². The monoisotopic (exact) mass is 320 g/mol. The summed E-state index contributed by atoms with van der Waals surface area (Å²) in [6, 6.07) is 4.72. The summed E-state index contributed by atoms with van der Waals surface area (Å²) < 4.78 is 0.719. The van der Waals surface area contributed by atoms with Gasteiger partial charge < -0.3 is 16.2 Å². The quantitative estimate of drug-likeness (QED) is 0.730. The Bertz CT molecular complexity index is 366. The first kappa shape index (κ1) is 12.3. The normalized spacial score (nSPS) is 12.2. The molecule has 5 heteroatoms. The highest BCUT2D eigenvalue weighted by molar-refractivity contribution is 14.1. The van der Waals surface area contributed by atoms with Crippen molar-refractivity contribution in [2.24, 2.45) is 5.73 Å². The molecule has 0 saturated carbocycles. The highest BCUT2D eigenvalue weighted by Crippen LogP contribution is 2.20. The number of hydrogen-bond acceptors (Lipinski definition) is 3. The van der Waals surface area contributed by atoms with E-state index in [0.717, 1.165) is 3.57 Å². The van der Waals surface area contributed by atoms with Crippen molar-refractivity contribution < 1.29 is 9.90 Å². The SMILES string of the molecule is CC(N)CNC(=O)c1ccc(I)c(O)c1. The number of rotatable bonds is 3. The van der Waals surface area contributed by atoms with E-state index in [1.807, 2.05) is 29.5 Å². The fraction of sp³-hybridized carbons (Fsp3) is 0.300. The van der Waals surface area contributed by atoms with Gasteiger partial charge in [0.25, 0.3) is 5.91 Å². The van der Waals surface area contributed by atoms with Crippen molar-refractivity contribution >= 4 is 28.5 Å². The van der Waals surface area contributed by atoms with Gasteiger partial charge >= 0.3 is 0 Å². The zero-order valence-electron chi connectivity index (χ0n) is 8.33. The average Bonchev–Trinajstić information content (AvgIpc) is 2.18. The van der Waals surface area contributed by atoms with Crippen LogP contribution < -0.4 is 11.1 Å². The summed E-state index contributed by atoms with van der Waals surface area (Å²) in [7, 11) is 0.